The number of hydrogen-bond donors (Lipinski definition) is 1. The Kier molecular flexibility index (Phi) is 5.23. The molecule has 0 unspecified atom stereocenters. The molecule has 2 saturated heterocycles. The molecule has 2 atom stereocenters. The lowest BCUT2D eigenvalue weighted by Crippen LogP contribution is -3.13. The summed E-state index contributed by atoms with van der Waals surface area (Å²) in [5, 5.41) is 0. The molecule has 25 heavy (non-hydrogen) atoms. The SMILES string of the molecule is O=C1C[C@H]([C@@H]2CCCC=C2[NH+]2CCOCC2)C(=O)N1C1CCCCC1. The second kappa shape index (κ2) is 7.58. The number of carbonyl (C=O) groups excluding carboxylic acids is 2. The third-order valence-electron chi connectivity index (χ3n) is 6.63. The van der Waals surface area contributed by atoms with E-state index in [4.69, 9.17) is 4.74 Å². The number of imide groups is 1. The molecule has 2 heterocycles. The summed E-state index contributed by atoms with van der Waals surface area (Å²) in [4.78, 5) is 29.0. The van der Waals surface area contributed by atoms with Crippen molar-refractivity contribution in [1.29, 1.82) is 0 Å². The summed E-state index contributed by atoms with van der Waals surface area (Å²) < 4.78 is 5.51. The summed E-state index contributed by atoms with van der Waals surface area (Å²) in [7, 11) is 0. The van der Waals surface area contributed by atoms with Crippen molar-refractivity contribution in [3.8, 4) is 0 Å². The fraction of sp³-hybridized carbons (Fsp3) is 0.800. The molecule has 2 amide bonds. The van der Waals surface area contributed by atoms with Crippen molar-refractivity contribution >= 4 is 11.8 Å². The second-order valence-corrected chi connectivity index (χ2v) is 8.12. The number of hydrogen-bond acceptors (Lipinski definition) is 3. The van der Waals surface area contributed by atoms with Gasteiger partial charge in [-0.15, -0.1) is 0 Å². The molecule has 0 aromatic heterocycles. The summed E-state index contributed by atoms with van der Waals surface area (Å²) in [5.41, 5.74) is 1.39. The zero-order chi connectivity index (χ0) is 17.2. The van der Waals surface area contributed by atoms with E-state index >= 15 is 0 Å². The Morgan fingerprint density at radius 3 is 2.48 bits per heavy atom. The van der Waals surface area contributed by atoms with E-state index in [9.17, 15) is 9.59 Å². The van der Waals surface area contributed by atoms with E-state index in [1.54, 1.807) is 4.90 Å². The zero-order valence-electron chi connectivity index (χ0n) is 15.2. The fourth-order valence-corrected chi connectivity index (χ4v) is 5.35. The predicted molar refractivity (Wildman–Crippen MR) is 93.8 cm³/mol. The zero-order valence-corrected chi connectivity index (χ0v) is 15.2. The Balaban J connectivity index is 1.51. The Bertz CT molecular complexity index is 547. The topological polar surface area (TPSA) is 51.1 Å². The number of nitrogens with one attached hydrogen (secondary N) is 1. The summed E-state index contributed by atoms with van der Waals surface area (Å²) in [6, 6.07) is 0.172. The molecule has 1 saturated carbocycles. The van der Waals surface area contributed by atoms with Gasteiger partial charge in [-0.2, -0.15) is 0 Å². The number of quaternary nitrogens is 1. The van der Waals surface area contributed by atoms with Crippen molar-refractivity contribution in [3.05, 3.63) is 11.8 Å². The molecule has 0 radical (unpaired) electrons. The molecule has 2 aliphatic carbocycles. The Morgan fingerprint density at radius 2 is 1.72 bits per heavy atom. The third kappa shape index (κ3) is 3.41. The van der Waals surface area contributed by atoms with Crippen molar-refractivity contribution in [2.75, 3.05) is 26.3 Å². The van der Waals surface area contributed by atoms with Crippen LogP contribution in [0.1, 0.15) is 57.8 Å². The highest BCUT2D eigenvalue weighted by atomic mass is 16.5. The lowest BCUT2D eigenvalue weighted by molar-refractivity contribution is -0.874. The molecule has 3 fully saturated rings. The van der Waals surface area contributed by atoms with E-state index in [0.29, 0.717) is 6.42 Å². The Hall–Kier alpha value is -1.20. The first-order chi connectivity index (χ1) is 12.3. The minimum Gasteiger partial charge on any atom is -0.370 e. The first kappa shape index (κ1) is 17.2. The average Bonchev–Trinajstić information content (AvgIpc) is 2.97. The standard InChI is InChI=1S/C20H30N2O3/c23-19-14-17(20(24)22(19)15-6-2-1-3-7-15)16-8-4-5-9-18(16)21-10-12-25-13-11-21/h9,15-17H,1-8,10-14H2/p+1/t16-,17+/m0/s1. The third-order valence-corrected chi connectivity index (χ3v) is 6.63. The van der Waals surface area contributed by atoms with Crippen molar-refractivity contribution < 1.29 is 19.2 Å². The van der Waals surface area contributed by atoms with Crippen LogP contribution in [-0.4, -0.2) is 49.1 Å². The molecule has 0 bridgehead atoms. The highest BCUT2D eigenvalue weighted by molar-refractivity contribution is 6.04. The molecular formula is C20H31N2O3+. The Morgan fingerprint density at radius 1 is 0.960 bits per heavy atom. The van der Waals surface area contributed by atoms with E-state index in [-0.39, 0.29) is 29.7 Å². The molecule has 4 rings (SSSR count). The van der Waals surface area contributed by atoms with Crippen molar-refractivity contribution in [3.63, 3.8) is 0 Å². The highest BCUT2D eigenvalue weighted by Crippen LogP contribution is 2.38. The quantitative estimate of drug-likeness (QED) is 0.783. The molecule has 1 N–H and O–H groups in total. The van der Waals surface area contributed by atoms with Crippen LogP contribution >= 0.6 is 0 Å². The molecular weight excluding hydrogens is 316 g/mol. The van der Waals surface area contributed by atoms with Crippen LogP contribution < -0.4 is 4.90 Å². The van der Waals surface area contributed by atoms with Crippen LogP contribution in [0.3, 0.4) is 0 Å². The smallest absolute Gasteiger partial charge is 0.233 e. The lowest BCUT2D eigenvalue weighted by Gasteiger charge is -2.35. The largest absolute Gasteiger partial charge is 0.370 e. The van der Waals surface area contributed by atoms with E-state index < -0.39 is 0 Å². The first-order valence-electron chi connectivity index (χ1n) is 10.2. The van der Waals surface area contributed by atoms with Gasteiger partial charge in [0.15, 0.2) is 0 Å². The van der Waals surface area contributed by atoms with Crippen LogP contribution in [0.5, 0.6) is 0 Å². The second-order valence-electron chi connectivity index (χ2n) is 8.12. The van der Waals surface area contributed by atoms with Crippen LogP contribution in [-0.2, 0) is 14.3 Å². The van der Waals surface area contributed by atoms with Crippen LogP contribution in [0.25, 0.3) is 0 Å². The van der Waals surface area contributed by atoms with Gasteiger partial charge in [0.2, 0.25) is 11.8 Å². The van der Waals surface area contributed by atoms with Gasteiger partial charge in [-0.25, -0.2) is 0 Å². The molecule has 2 aliphatic heterocycles. The predicted octanol–water partition coefficient (Wildman–Crippen LogP) is 1.29. The fourth-order valence-electron chi connectivity index (χ4n) is 5.35. The van der Waals surface area contributed by atoms with Gasteiger partial charge in [0.05, 0.1) is 19.1 Å². The number of likely N-dealkylation sites (tertiary alicyclic amines) is 1. The number of allylic oxidation sites excluding steroid dienone is 2. The highest BCUT2D eigenvalue weighted by Gasteiger charge is 2.48. The van der Waals surface area contributed by atoms with Gasteiger partial charge < -0.3 is 9.64 Å². The van der Waals surface area contributed by atoms with E-state index in [0.717, 1.165) is 71.2 Å². The van der Waals surface area contributed by atoms with E-state index in [2.05, 4.69) is 6.08 Å². The van der Waals surface area contributed by atoms with Crippen LogP contribution in [0.2, 0.25) is 0 Å². The summed E-state index contributed by atoms with van der Waals surface area (Å²) >= 11 is 0. The number of morpholine rings is 1. The molecule has 0 aromatic rings. The van der Waals surface area contributed by atoms with Crippen molar-refractivity contribution in [1.82, 2.24) is 4.90 Å². The minimum atomic E-state index is -0.115. The van der Waals surface area contributed by atoms with Gasteiger partial charge in [0.1, 0.15) is 18.8 Å². The van der Waals surface area contributed by atoms with Gasteiger partial charge in [0, 0.05) is 18.4 Å². The number of ether oxygens (including phenoxy) is 1. The monoisotopic (exact) mass is 347 g/mol. The number of amides is 2. The summed E-state index contributed by atoms with van der Waals surface area (Å²) in [5.74, 6) is 0.356. The molecule has 0 spiro atoms. The van der Waals surface area contributed by atoms with Crippen molar-refractivity contribution in [2.24, 2.45) is 11.8 Å². The maximum absolute atomic E-state index is 13.2. The molecule has 4 aliphatic rings. The number of rotatable bonds is 3. The molecule has 5 nitrogen and oxygen atoms in total. The van der Waals surface area contributed by atoms with Gasteiger partial charge in [0.25, 0.3) is 0 Å². The molecule has 0 aromatic carbocycles. The van der Waals surface area contributed by atoms with Gasteiger partial charge in [-0.05, 0) is 38.2 Å². The van der Waals surface area contributed by atoms with Crippen LogP contribution in [0, 0.1) is 11.8 Å². The minimum absolute atomic E-state index is 0.0869. The van der Waals surface area contributed by atoms with Gasteiger partial charge in [-0.1, -0.05) is 19.3 Å². The maximum Gasteiger partial charge on any atom is 0.233 e. The maximum atomic E-state index is 13.2. The summed E-state index contributed by atoms with van der Waals surface area (Å²) in [6.07, 6.45) is 11.6. The average molecular weight is 347 g/mol. The van der Waals surface area contributed by atoms with E-state index in [1.165, 1.54) is 17.0 Å². The summed E-state index contributed by atoms with van der Waals surface area (Å²) in [6.45, 7) is 3.57. The molecule has 5 heteroatoms. The number of carbonyl (C=O) groups is 2. The Labute approximate surface area is 150 Å². The normalized spacial score (nSPS) is 33.0. The van der Waals surface area contributed by atoms with Gasteiger partial charge in [-0.3, -0.25) is 14.5 Å². The van der Waals surface area contributed by atoms with Crippen LogP contribution in [0.4, 0.5) is 0 Å². The lowest BCUT2D eigenvalue weighted by atomic mass is 9.80. The number of nitrogens with zero attached hydrogens (tertiary/aromatic N) is 1. The molecule has 138 valence electrons. The van der Waals surface area contributed by atoms with Gasteiger partial charge >= 0.3 is 0 Å². The van der Waals surface area contributed by atoms with Crippen LogP contribution in [0.15, 0.2) is 11.8 Å². The first-order valence-corrected chi connectivity index (χ1v) is 10.2. The van der Waals surface area contributed by atoms with E-state index in [1.807, 2.05) is 0 Å². The van der Waals surface area contributed by atoms with Crippen molar-refractivity contribution in [2.45, 2.75) is 63.8 Å².